The molecule has 2 atom stereocenters. The summed E-state index contributed by atoms with van der Waals surface area (Å²) in [5.41, 5.74) is 3.08. The van der Waals surface area contributed by atoms with Gasteiger partial charge in [-0.1, -0.05) is 24.3 Å². The Hall–Kier alpha value is -4.38. The minimum absolute atomic E-state index is 0.0270. The average molecular weight is 573 g/mol. The molecular weight excluding hydrogens is 536 g/mol. The van der Waals surface area contributed by atoms with Crippen LogP contribution in [-0.2, 0) is 20.9 Å². The van der Waals surface area contributed by atoms with Crippen LogP contribution in [0.2, 0.25) is 0 Å². The minimum Gasteiger partial charge on any atom is -0.494 e. The van der Waals surface area contributed by atoms with E-state index in [2.05, 4.69) is 27.4 Å². The Labute approximate surface area is 245 Å². The fourth-order valence-electron chi connectivity index (χ4n) is 5.93. The summed E-state index contributed by atoms with van der Waals surface area (Å²) >= 11 is 0. The molecule has 3 aromatic rings. The Bertz CT molecular complexity index is 1410. The van der Waals surface area contributed by atoms with E-state index < -0.39 is 6.09 Å². The summed E-state index contributed by atoms with van der Waals surface area (Å²) in [6.07, 6.45) is 4.95. The minimum atomic E-state index is -0.463. The van der Waals surface area contributed by atoms with Gasteiger partial charge in [0.1, 0.15) is 18.9 Å². The van der Waals surface area contributed by atoms with Crippen LogP contribution in [0, 0.1) is 0 Å². The molecule has 0 saturated carbocycles. The van der Waals surface area contributed by atoms with E-state index in [1.54, 1.807) is 11.1 Å². The Morgan fingerprint density at radius 2 is 1.88 bits per heavy atom. The number of hydrogen-bond acceptors (Lipinski definition) is 7. The van der Waals surface area contributed by atoms with Gasteiger partial charge in [-0.15, -0.1) is 0 Å². The lowest BCUT2D eigenvalue weighted by Gasteiger charge is -2.26. The van der Waals surface area contributed by atoms with Gasteiger partial charge in [0.2, 0.25) is 11.8 Å². The Kier molecular flexibility index (Phi) is 8.36. The van der Waals surface area contributed by atoms with Crippen LogP contribution in [0.25, 0.3) is 5.69 Å². The number of aromatic nitrogens is 2. The van der Waals surface area contributed by atoms with E-state index in [4.69, 9.17) is 9.47 Å². The topological polar surface area (TPSA) is 109 Å². The molecule has 1 aromatic heterocycles. The summed E-state index contributed by atoms with van der Waals surface area (Å²) in [6, 6.07) is 17.7. The summed E-state index contributed by atoms with van der Waals surface area (Å²) < 4.78 is 12.9. The second-order valence-electron chi connectivity index (χ2n) is 11.1. The van der Waals surface area contributed by atoms with Crippen LogP contribution in [0.1, 0.15) is 29.9 Å². The van der Waals surface area contributed by atoms with E-state index in [1.165, 1.54) is 4.90 Å². The third kappa shape index (κ3) is 6.57. The van der Waals surface area contributed by atoms with Crippen molar-refractivity contribution in [3.8, 4) is 11.4 Å². The number of nitrogens with one attached hydrogen (secondary N) is 1. The molecule has 0 unspecified atom stereocenters. The number of cyclic esters (lactones) is 1. The molecule has 2 saturated heterocycles. The third-order valence-electron chi connectivity index (χ3n) is 8.07. The maximum absolute atomic E-state index is 13.5. The summed E-state index contributed by atoms with van der Waals surface area (Å²) in [5, 5.41) is 7.58. The molecule has 2 aromatic carbocycles. The quantitative estimate of drug-likeness (QED) is 0.500. The van der Waals surface area contributed by atoms with Crippen molar-refractivity contribution < 1.29 is 23.9 Å². The van der Waals surface area contributed by atoms with Crippen LogP contribution in [-0.4, -0.2) is 101 Å². The lowest BCUT2D eigenvalue weighted by molar-refractivity contribution is -0.131. The molecule has 0 aliphatic carbocycles. The van der Waals surface area contributed by atoms with Gasteiger partial charge in [0.05, 0.1) is 31.4 Å². The summed E-state index contributed by atoms with van der Waals surface area (Å²) in [6.45, 7) is 3.68. The summed E-state index contributed by atoms with van der Waals surface area (Å²) in [5.74, 6) is 0.454. The van der Waals surface area contributed by atoms with Gasteiger partial charge in [-0.25, -0.2) is 9.48 Å². The van der Waals surface area contributed by atoms with E-state index in [0.717, 1.165) is 42.0 Å². The van der Waals surface area contributed by atoms with Crippen molar-refractivity contribution in [2.75, 3.05) is 52.5 Å². The van der Waals surface area contributed by atoms with Crippen LogP contribution in [0.3, 0.4) is 0 Å². The van der Waals surface area contributed by atoms with Crippen LogP contribution in [0.5, 0.6) is 5.75 Å². The molecular formula is C31H36N6O5. The number of nitrogens with zero attached hydrogens (tertiary/aromatic N) is 5. The number of carbonyl (C=O) groups is 3. The number of benzene rings is 2. The molecule has 2 bridgehead atoms. The summed E-state index contributed by atoms with van der Waals surface area (Å²) in [4.78, 5) is 43.9. The molecule has 6 rings (SSSR count). The molecule has 3 aliphatic heterocycles. The zero-order chi connectivity index (χ0) is 28.9. The van der Waals surface area contributed by atoms with E-state index in [-0.39, 0.29) is 36.9 Å². The highest BCUT2D eigenvalue weighted by atomic mass is 16.6. The van der Waals surface area contributed by atoms with Gasteiger partial charge in [0.15, 0.2) is 0 Å². The smallest absolute Gasteiger partial charge is 0.410 e. The molecule has 220 valence electrons. The maximum atomic E-state index is 13.5. The van der Waals surface area contributed by atoms with Gasteiger partial charge in [-0.3, -0.25) is 19.4 Å². The predicted octanol–water partition coefficient (Wildman–Crippen LogP) is 2.41. The molecule has 3 amide bonds. The van der Waals surface area contributed by atoms with Crippen molar-refractivity contribution in [3.63, 3.8) is 0 Å². The number of rotatable bonds is 5. The Balaban J connectivity index is 1.19. The molecule has 42 heavy (non-hydrogen) atoms. The first-order valence-electron chi connectivity index (χ1n) is 14.5. The van der Waals surface area contributed by atoms with Crippen LogP contribution in [0.15, 0.2) is 67.0 Å². The SMILES string of the molecule is O=C1CN(Cc2cccc(-n3cccn3)c2)CCCCOc2cccc(c2)[C@H]2CN(C(=O)CN3CCOC3=O)C[C@@H]2N1. The van der Waals surface area contributed by atoms with Crippen LogP contribution in [0.4, 0.5) is 4.79 Å². The Morgan fingerprint density at radius 1 is 0.976 bits per heavy atom. The second-order valence-corrected chi connectivity index (χ2v) is 11.1. The van der Waals surface area contributed by atoms with Gasteiger partial charge in [0.25, 0.3) is 0 Å². The standard InChI is InChI=1S/C31H36N6O5/c38-29-21-34(18-23-6-3-8-25(16-23)37-12-5-10-32-37)11-1-2-14-41-26-9-4-7-24(17-26)27-19-36(20-28(27)33-29)30(39)22-35-13-15-42-31(35)40/h3-10,12,16-17,27-28H,1-2,11,13-15,18-22H2,(H,33,38)/t27-,28+/m1/s1. The van der Waals surface area contributed by atoms with Crippen LogP contribution >= 0.6 is 0 Å². The zero-order valence-corrected chi connectivity index (χ0v) is 23.6. The lowest BCUT2D eigenvalue weighted by Crippen LogP contribution is -2.46. The van der Waals surface area contributed by atoms with Crippen molar-refractivity contribution in [2.45, 2.75) is 31.3 Å². The van der Waals surface area contributed by atoms with Gasteiger partial charge in [-0.2, -0.15) is 5.10 Å². The number of likely N-dealkylation sites (tertiary alicyclic amines) is 1. The molecule has 2 fully saturated rings. The first kappa shape index (κ1) is 27.8. The monoisotopic (exact) mass is 572 g/mol. The van der Waals surface area contributed by atoms with E-state index >= 15 is 0 Å². The highest BCUT2D eigenvalue weighted by Gasteiger charge is 2.38. The number of hydrogen-bond donors (Lipinski definition) is 1. The summed E-state index contributed by atoms with van der Waals surface area (Å²) in [7, 11) is 0. The molecule has 1 N–H and O–H groups in total. The second kappa shape index (κ2) is 12.6. The van der Waals surface area contributed by atoms with Crippen molar-refractivity contribution >= 4 is 17.9 Å². The van der Waals surface area contributed by atoms with Crippen molar-refractivity contribution in [2.24, 2.45) is 0 Å². The molecule has 0 radical (unpaired) electrons. The largest absolute Gasteiger partial charge is 0.494 e. The molecule has 11 heteroatoms. The number of ether oxygens (including phenoxy) is 2. The van der Waals surface area contributed by atoms with Gasteiger partial charge in [0, 0.05) is 37.9 Å². The molecule has 4 heterocycles. The highest BCUT2D eigenvalue weighted by Crippen LogP contribution is 2.30. The van der Waals surface area contributed by atoms with Gasteiger partial charge < -0.3 is 19.7 Å². The van der Waals surface area contributed by atoms with Crippen molar-refractivity contribution in [3.05, 3.63) is 78.1 Å². The molecule has 11 nitrogen and oxygen atoms in total. The van der Waals surface area contributed by atoms with Crippen molar-refractivity contribution in [1.82, 2.24) is 29.8 Å². The zero-order valence-electron chi connectivity index (χ0n) is 23.6. The third-order valence-corrected chi connectivity index (χ3v) is 8.07. The normalized spacial score (nSPS) is 21.7. The first-order chi connectivity index (χ1) is 20.5. The predicted molar refractivity (Wildman–Crippen MR) is 154 cm³/mol. The number of fused-ring (bicyclic) bond motifs is 4. The fourth-order valence-corrected chi connectivity index (χ4v) is 5.93. The molecule has 0 spiro atoms. The van der Waals surface area contributed by atoms with E-state index in [0.29, 0.717) is 39.4 Å². The number of amides is 3. The average Bonchev–Trinajstić information content (AvgIpc) is 3.75. The Morgan fingerprint density at radius 3 is 2.71 bits per heavy atom. The highest BCUT2D eigenvalue weighted by molar-refractivity contribution is 5.84. The maximum Gasteiger partial charge on any atom is 0.410 e. The van der Waals surface area contributed by atoms with Gasteiger partial charge in [-0.05, 0) is 60.8 Å². The fraction of sp³-hybridized carbons (Fsp3) is 0.419. The van der Waals surface area contributed by atoms with E-state index in [9.17, 15) is 14.4 Å². The number of carbonyl (C=O) groups excluding carboxylic acids is 3. The van der Waals surface area contributed by atoms with Crippen LogP contribution < -0.4 is 10.1 Å². The van der Waals surface area contributed by atoms with E-state index in [1.807, 2.05) is 53.3 Å². The first-order valence-corrected chi connectivity index (χ1v) is 14.5. The molecule has 3 aliphatic rings. The lowest BCUT2D eigenvalue weighted by atomic mass is 9.94. The van der Waals surface area contributed by atoms with Crippen molar-refractivity contribution in [1.29, 1.82) is 0 Å². The van der Waals surface area contributed by atoms with Gasteiger partial charge >= 0.3 is 6.09 Å².